The maximum atomic E-state index is 9.21. The molecular formula is C14H27N3O2. The number of aliphatic imine (C=N–C) groups is 1. The van der Waals surface area contributed by atoms with Gasteiger partial charge in [-0.2, -0.15) is 0 Å². The van der Waals surface area contributed by atoms with E-state index in [0.717, 1.165) is 57.6 Å². The Morgan fingerprint density at radius 3 is 2.84 bits per heavy atom. The van der Waals surface area contributed by atoms with Gasteiger partial charge in [-0.15, -0.1) is 0 Å². The van der Waals surface area contributed by atoms with E-state index in [4.69, 9.17) is 4.74 Å². The Balaban J connectivity index is 1.86. The molecule has 0 amide bonds. The van der Waals surface area contributed by atoms with Crippen molar-refractivity contribution in [3.05, 3.63) is 0 Å². The molecule has 1 atom stereocenters. The van der Waals surface area contributed by atoms with E-state index in [1.54, 1.807) is 0 Å². The highest BCUT2D eigenvalue weighted by Crippen LogP contribution is 2.32. The fraction of sp³-hybridized carbons (Fsp3) is 0.929. The van der Waals surface area contributed by atoms with Gasteiger partial charge in [-0.3, -0.25) is 4.99 Å². The Labute approximate surface area is 115 Å². The van der Waals surface area contributed by atoms with Crippen LogP contribution in [0.25, 0.3) is 0 Å². The molecule has 2 aliphatic rings. The zero-order chi connectivity index (χ0) is 13.6. The molecule has 5 nitrogen and oxygen atoms in total. The van der Waals surface area contributed by atoms with Gasteiger partial charge in [0.1, 0.15) is 0 Å². The molecule has 1 aliphatic heterocycles. The molecule has 3 N–H and O–H groups in total. The van der Waals surface area contributed by atoms with Crippen molar-refractivity contribution in [2.24, 2.45) is 16.3 Å². The topological polar surface area (TPSA) is 65.9 Å². The quantitative estimate of drug-likeness (QED) is 0.471. The van der Waals surface area contributed by atoms with E-state index in [-0.39, 0.29) is 12.0 Å². The molecule has 0 aromatic heterocycles. The first-order chi connectivity index (χ1) is 9.28. The molecule has 2 fully saturated rings. The van der Waals surface area contributed by atoms with Crippen molar-refractivity contribution < 1.29 is 9.84 Å². The van der Waals surface area contributed by atoms with Gasteiger partial charge in [0.2, 0.25) is 0 Å². The smallest absolute Gasteiger partial charge is 0.191 e. The maximum Gasteiger partial charge on any atom is 0.191 e. The van der Waals surface area contributed by atoms with Crippen LogP contribution in [0.5, 0.6) is 0 Å². The van der Waals surface area contributed by atoms with Gasteiger partial charge >= 0.3 is 0 Å². The SMILES string of the molecule is CCNC(=NCC1(CCO)CCOC1)NCC1CC1. The summed E-state index contributed by atoms with van der Waals surface area (Å²) in [5, 5.41) is 15.9. The standard InChI is InChI=1S/C14H27N3O2/c1-2-15-13(16-9-12-3-4-12)17-10-14(5-7-18)6-8-19-11-14/h12,18H,2-11H2,1H3,(H2,15,16,17). The van der Waals surface area contributed by atoms with E-state index >= 15 is 0 Å². The van der Waals surface area contributed by atoms with Crippen LogP contribution in [0.3, 0.4) is 0 Å². The van der Waals surface area contributed by atoms with Gasteiger partial charge in [0.05, 0.1) is 13.2 Å². The minimum Gasteiger partial charge on any atom is -0.396 e. The number of hydrogen-bond donors (Lipinski definition) is 3. The van der Waals surface area contributed by atoms with E-state index in [9.17, 15) is 5.11 Å². The summed E-state index contributed by atoms with van der Waals surface area (Å²) in [6, 6.07) is 0. The lowest BCUT2D eigenvalue weighted by atomic mass is 9.84. The van der Waals surface area contributed by atoms with Gasteiger partial charge in [-0.1, -0.05) is 0 Å². The van der Waals surface area contributed by atoms with Crippen molar-refractivity contribution in [3.63, 3.8) is 0 Å². The van der Waals surface area contributed by atoms with Gasteiger partial charge in [0, 0.05) is 31.7 Å². The van der Waals surface area contributed by atoms with Crippen LogP contribution in [0.2, 0.25) is 0 Å². The van der Waals surface area contributed by atoms with E-state index < -0.39 is 0 Å². The van der Waals surface area contributed by atoms with Crippen LogP contribution in [0.15, 0.2) is 4.99 Å². The van der Waals surface area contributed by atoms with Crippen molar-refractivity contribution in [2.75, 3.05) is 39.5 Å². The molecule has 5 heteroatoms. The Hall–Kier alpha value is -0.810. The molecule has 1 saturated heterocycles. The number of aliphatic hydroxyl groups excluding tert-OH is 1. The molecule has 0 radical (unpaired) electrons. The molecule has 1 aliphatic carbocycles. The average molecular weight is 269 g/mol. The summed E-state index contributed by atoms with van der Waals surface area (Å²) in [5.41, 5.74) is 0.0384. The van der Waals surface area contributed by atoms with Gasteiger partial charge < -0.3 is 20.5 Å². The van der Waals surface area contributed by atoms with Gasteiger partial charge in [-0.05, 0) is 38.5 Å². The van der Waals surface area contributed by atoms with Crippen LogP contribution >= 0.6 is 0 Å². The second-order valence-corrected chi connectivity index (χ2v) is 5.80. The van der Waals surface area contributed by atoms with Crippen LogP contribution in [0.4, 0.5) is 0 Å². The van der Waals surface area contributed by atoms with Crippen LogP contribution in [0.1, 0.15) is 32.6 Å². The highest BCUT2D eigenvalue weighted by molar-refractivity contribution is 5.79. The molecule has 1 saturated carbocycles. The summed E-state index contributed by atoms with van der Waals surface area (Å²) in [6.07, 6.45) is 4.46. The third kappa shape index (κ3) is 4.66. The lowest BCUT2D eigenvalue weighted by Crippen LogP contribution is -2.39. The Kier molecular flexibility index (Phi) is 5.45. The van der Waals surface area contributed by atoms with E-state index in [1.807, 2.05) is 0 Å². The van der Waals surface area contributed by atoms with Crippen molar-refractivity contribution in [1.82, 2.24) is 10.6 Å². The zero-order valence-corrected chi connectivity index (χ0v) is 12.0. The largest absolute Gasteiger partial charge is 0.396 e. The number of nitrogens with one attached hydrogen (secondary N) is 2. The molecule has 0 aromatic rings. The first-order valence-electron chi connectivity index (χ1n) is 7.49. The van der Waals surface area contributed by atoms with Gasteiger partial charge in [0.15, 0.2) is 5.96 Å². The van der Waals surface area contributed by atoms with Crippen LogP contribution < -0.4 is 10.6 Å². The van der Waals surface area contributed by atoms with E-state index in [0.29, 0.717) is 0 Å². The summed E-state index contributed by atoms with van der Waals surface area (Å²) in [4.78, 5) is 4.69. The average Bonchev–Trinajstić information content (AvgIpc) is 3.13. The second kappa shape index (κ2) is 7.10. The van der Waals surface area contributed by atoms with Gasteiger partial charge in [0.25, 0.3) is 0 Å². The molecule has 1 heterocycles. The molecule has 2 rings (SSSR count). The third-order valence-electron chi connectivity index (χ3n) is 4.00. The molecule has 0 aromatic carbocycles. The number of nitrogens with zero attached hydrogens (tertiary/aromatic N) is 1. The fourth-order valence-corrected chi connectivity index (χ4v) is 2.44. The number of hydrogen-bond acceptors (Lipinski definition) is 3. The summed E-state index contributed by atoms with van der Waals surface area (Å²) >= 11 is 0. The van der Waals surface area contributed by atoms with Gasteiger partial charge in [-0.25, -0.2) is 0 Å². The summed E-state index contributed by atoms with van der Waals surface area (Å²) < 4.78 is 5.49. The van der Waals surface area contributed by atoms with Crippen molar-refractivity contribution >= 4 is 5.96 Å². The monoisotopic (exact) mass is 269 g/mol. The maximum absolute atomic E-state index is 9.21. The highest BCUT2D eigenvalue weighted by Gasteiger charge is 2.34. The second-order valence-electron chi connectivity index (χ2n) is 5.80. The lowest BCUT2D eigenvalue weighted by Gasteiger charge is -2.24. The van der Waals surface area contributed by atoms with E-state index in [2.05, 4.69) is 22.5 Å². The van der Waals surface area contributed by atoms with E-state index in [1.165, 1.54) is 12.8 Å². The molecule has 0 spiro atoms. The number of rotatable bonds is 7. The summed E-state index contributed by atoms with van der Waals surface area (Å²) in [7, 11) is 0. The molecule has 0 bridgehead atoms. The summed E-state index contributed by atoms with van der Waals surface area (Å²) in [6.45, 7) is 6.44. The normalized spacial score (nSPS) is 27.6. The molecule has 1 unspecified atom stereocenters. The lowest BCUT2D eigenvalue weighted by molar-refractivity contribution is 0.131. The third-order valence-corrected chi connectivity index (χ3v) is 4.00. The Morgan fingerprint density at radius 2 is 2.26 bits per heavy atom. The first kappa shape index (κ1) is 14.6. The molecular weight excluding hydrogens is 242 g/mol. The molecule has 110 valence electrons. The number of aliphatic hydroxyl groups is 1. The predicted molar refractivity (Wildman–Crippen MR) is 76.3 cm³/mol. The van der Waals surface area contributed by atoms with Crippen molar-refractivity contribution in [2.45, 2.75) is 32.6 Å². The van der Waals surface area contributed by atoms with Crippen molar-refractivity contribution in [3.8, 4) is 0 Å². The molecule has 19 heavy (non-hydrogen) atoms. The van der Waals surface area contributed by atoms with Crippen LogP contribution in [-0.4, -0.2) is 50.5 Å². The number of ether oxygens (including phenoxy) is 1. The minimum atomic E-state index is 0.0384. The predicted octanol–water partition coefficient (Wildman–Crippen LogP) is 0.741. The van der Waals surface area contributed by atoms with Crippen LogP contribution in [-0.2, 0) is 4.74 Å². The minimum absolute atomic E-state index is 0.0384. The first-order valence-corrected chi connectivity index (χ1v) is 7.49. The van der Waals surface area contributed by atoms with Crippen molar-refractivity contribution in [1.29, 1.82) is 0 Å². The Morgan fingerprint density at radius 1 is 1.42 bits per heavy atom. The number of guanidine groups is 1. The fourth-order valence-electron chi connectivity index (χ4n) is 2.44. The summed E-state index contributed by atoms with van der Waals surface area (Å²) in [5.74, 6) is 1.74. The van der Waals surface area contributed by atoms with Crippen LogP contribution in [0, 0.1) is 11.3 Å². The Bertz CT molecular complexity index is 297. The highest BCUT2D eigenvalue weighted by atomic mass is 16.5. The zero-order valence-electron chi connectivity index (χ0n) is 12.0.